The van der Waals surface area contributed by atoms with E-state index in [0.29, 0.717) is 18.2 Å². The van der Waals surface area contributed by atoms with E-state index < -0.39 is 6.17 Å². The Labute approximate surface area is 143 Å². The zero-order valence-electron chi connectivity index (χ0n) is 15.0. The maximum absolute atomic E-state index is 14.5. The SMILES string of the molecule is CCC(CC)n1ncc(C(=O)N2CCC(N3CCC3)C(F)C2)c1C. The van der Waals surface area contributed by atoms with Gasteiger partial charge in [-0.3, -0.25) is 14.4 Å². The highest BCUT2D eigenvalue weighted by Gasteiger charge is 2.37. The molecule has 2 aliphatic rings. The van der Waals surface area contributed by atoms with Gasteiger partial charge in [0.2, 0.25) is 0 Å². The number of alkyl halides is 1. The summed E-state index contributed by atoms with van der Waals surface area (Å²) in [7, 11) is 0. The van der Waals surface area contributed by atoms with Crippen LogP contribution in [0.4, 0.5) is 4.39 Å². The van der Waals surface area contributed by atoms with Gasteiger partial charge in [0.05, 0.1) is 24.3 Å². The highest BCUT2D eigenvalue weighted by molar-refractivity contribution is 5.95. The third-order valence-corrected chi connectivity index (χ3v) is 5.72. The van der Waals surface area contributed by atoms with E-state index in [2.05, 4.69) is 23.8 Å². The van der Waals surface area contributed by atoms with Crippen molar-refractivity contribution in [1.29, 1.82) is 0 Å². The molecule has 1 aromatic rings. The van der Waals surface area contributed by atoms with Crippen molar-refractivity contribution in [3.05, 3.63) is 17.5 Å². The average molecular weight is 336 g/mol. The van der Waals surface area contributed by atoms with Crippen LogP contribution in [0.15, 0.2) is 6.20 Å². The third-order valence-electron chi connectivity index (χ3n) is 5.72. The smallest absolute Gasteiger partial charge is 0.257 e. The van der Waals surface area contributed by atoms with Gasteiger partial charge in [-0.2, -0.15) is 5.10 Å². The maximum Gasteiger partial charge on any atom is 0.257 e. The molecule has 2 atom stereocenters. The van der Waals surface area contributed by atoms with Gasteiger partial charge in [-0.1, -0.05) is 13.8 Å². The lowest BCUT2D eigenvalue weighted by Crippen LogP contribution is -2.57. The first-order valence-corrected chi connectivity index (χ1v) is 9.28. The van der Waals surface area contributed by atoms with E-state index in [1.165, 1.54) is 6.42 Å². The first-order valence-electron chi connectivity index (χ1n) is 9.28. The van der Waals surface area contributed by atoms with Crippen LogP contribution in [0, 0.1) is 6.92 Å². The Hall–Kier alpha value is -1.43. The number of amides is 1. The molecule has 5 nitrogen and oxygen atoms in total. The Balaban J connectivity index is 1.69. The third kappa shape index (κ3) is 3.08. The minimum absolute atomic E-state index is 0.00353. The molecule has 24 heavy (non-hydrogen) atoms. The minimum atomic E-state index is -0.947. The molecule has 3 heterocycles. The predicted octanol–water partition coefficient (Wildman–Crippen LogP) is 2.81. The zero-order valence-corrected chi connectivity index (χ0v) is 15.0. The molecule has 2 aliphatic heterocycles. The summed E-state index contributed by atoms with van der Waals surface area (Å²) >= 11 is 0. The summed E-state index contributed by atoms with van der Waals surface area (Å²) in [5.41, 5.74) is 1.52. The lowest BCUT2D eigenvalue weighted by molar-refractivity contribution is 0.00579. The molecule has 6 heteroatoms. The van der Waals surface area contributed by atoms with Gasteiger partial charge in [0.1, 0.15) is 6.17 Å². The number of rotatable bonds is 5. The van der Waals surface area contributed by atoms with Crippen LogP contribution in [0.25, 0.3) is 0 Å². The average Bonchev–Trinajstić information content (AvgIpc) is 2.90. The standard InChI is InChI=1S/C18H29FN4O/c1-4-14(5-2)23-13(3)15(11-20-23)18(24)22-10-7-17(16(19)12-22)21-8-6-9-21/h11,14,16-17H,4-10,12H2,1-3H3. The molecule has 0 spiro atoms. The maximum atomic E-state index is 14.5. The number of carbonyl (C=O) groups excluding carboxylic acids is 1. The van der Waals surface area contributed by atoms with Crippen LogP contribution in [0.2, 0.25) is 0 Å². The fourth-order valence-corrected chi connectivity index (χ4v) is 3.97. The molecule has 134 valence electrons. The topological polar surface area (TPSA) is 41.4 Å². The molecular formula is C18H29FN4O. The monoisotopic (exact) mass is 336 g/mol. The van der Waals surface area contributed by atoms with Gasteiger partial charge in [0.15, 0.2) is 0 Å². The van der Waals surface area contributed by atoms with Crippen molar-refractivity contribution in [2.45, 2.75) is 64.7 Å². The highest BCUT2D eigenvalue weighted by atomic mass is 19.1. The van der Waals surface area contributed by atoms with Crippen molar-refractivity contribution in [2.75, 3.05) is 26.2 Å². The van der Waals surface area contributed by atoms with Gasteiger partial charge in [-0.15, -0.1) is 0 Å². The van der Waals surface area contributed by atoms with Crippen LogP contribution < -0.4 is 0 Å². The number of aromatic nitrogens is 2. The molecule has 3 rings (SSSR count). The molecule has 0 aliphatic carbocycles. The van der Waals surface area contributed by atoms with Crippen molar-refractivity contribution < 1.29 is 9.18 Å². The first-order chi connectivity index (χ1) is 11.6. The summed E-state index contributed by atoms with van der Waals surface area (Å²) in [6, 6.07) is 0.314. The van der Waals surface area contributed by atoms with E-state index in [1.807, 2.05) is 11.6 Å². The van der Waals surface area contributed by atoms with Gasteiger partial charge < -0.3 is 4.90 Å². The Bertz CT molecular complexity index is 580. The van der Waals surface area contributed by atoms with Crippen LogP contribution >= 0.6 is 0 Å². The quantitative estimate of drug-likeness (QED) is 0.830. The minimum Gasteiger partial charge on any atom is -0.336 e. The van der Waals surface area contributed by atoms with E-state index in [4.69, 9.17) is 0 Å². The molecular weight excluding hydrogens is 307 g/mol. The number of likely N-dealkylation sites (tertiary alicyclic amines) is 2. The van der Waals surface area contributed by atoms with Crippen molar-refractivity contribution in [1.82, 2.24) is 19.6 Å². The fraction of sp³-hybridized carbons (Fsp3) is 0.778. The Morgan fingerprint density at radius 2 is 2.04 bits per heavy atom. The van der Waals surface area contributed by atoms with Crippen LogP contribution in [0.1, 0.15) is 61.6 Å². The molecule has 0 N–H and O–H groups in total. The summed E-state index contributed by atoms with van der Waals surface area (Å²) in [4.78, 5) is 16.7. The van der Waals surface area contributed by atoms with Crippen molar-refractivity contribution in [2.24, 2.45) is 0 Å². The molecule has 2 fully saturated rings. The zero-order chi connectivity index (χ0) is 17.3. The molecule has 1 aromatic heterocycles. The first kappa shape index (κ1) is 17.4. The van der Waals surface area contributed by atoms with E-state index in [9.17, 15) is 9.18 Å². The molecule has 2 unspecified atom stereocenters. The van der Waals surface area contributed by atoms with Crippen molar-refractivity contribution in [3.63, 3.8) is 0 Å². The number of nitrogens with zero attached hydrogens (tertiary/aromatic N) is 4. The van der Waals surface area contributed by atoms with Crippen LogP contribution in [0.3, 0.4) is 0 Å². The molecule has 1 amide bonds. The second-order valence-corrected chi connectivity index (χ2v) is 7.07. The number of hydrogen-bond acceptors (Lipinski definition) is 3. The lowest BCUT2D eigenvalue weighted by atomic mass is 9.97. The second-order valence-electron chi connectivity index (χ2n) is 7.07. The van der Waals surface area contributed by atoms with Gasteiger partial charge in [0, 0.05) is 18.3 Å². The molecule has 0 radical (unpaired) electrons. The van der Waals surface area contributed by atoms with Gasteiger partial charge in [-0.05, 0) is 45.7 Å². The van der Waals surface area contributed by atoms with Crippen LogP contribution in [-0.4, -0.2) is 63.9 Å². The highest BCUT2D eigenvalue weighted by Crippen LogP contribution is 2.26. The van der Waals surface area contributed by atoms with Crippen LogP contribution in [0.5, 0.6) is 0 Å². The van der Waals surface area contributed by atoms with E-state index in [1.54, 1.807) is 11.1 Å². The molecule has 2 saturated heterocycles. The van der Waals surface area contributed by atoms with Crippen molar-refractivity contribution in [3.8, 4) is 0 Å². The Morgan fingerprint density at radius 1 is 1.33 bits per heavy atom. The Morgan fingerprint density at radius 3 is 2.58 bits per heavy atom. The second kappa shape index (κ2) is 7.21. The summed E-state index contributed by atoms with van der Waals surface area (Å²) in [5.74, 6) is -0.0746. The molecule has 0 aromatic carbocycles. The Kier molecular flexibility index (Phi) is 5.23. The number of piperidine rings is 1. The fourth-order valence-electron chi connectivity index (χ4n) is 3.97. The lowest BCUT2D eigenvalue weighted by Gasteiger charge is -2.44. The summed E-state index contributed by atoms with van der Waals surface area (Å²) in [5, 5.41) is 4.43. The molecule has 0 bridgehead atoms. The number of carbonyl (C=O) groups is 1. The predicted molar refractivity (Wildman–Crippen MR) is 92.0 cm³/mol. The summed E-state index contributed by atoms with van der Waals surface area (Å²) in [6.45, 7) is 9.04. The normalized spacial score (nSPS) is 25.1. The number of hydrogen-bond donors (Lipinski definition) is 0. The van der Waals surface area contributed by atoms with Gasteiger partial charge in [0.25, 0.3) is 5.91 Å². The summed E-state index contributed by atoms with van der Waals surface area (Å²) < 4.78 is 16.5. The van der Waals surface area contributed by atoms with E-state index in [-0.39, 0.29) is 18.5 Å². The van der Waals surface area contributed by atoms with E-state index >= 15 is 0 Å². The molecule has 0 saturated carbocycles. The van der Waals surface area contributed by atoms with Crippen molar-refractivity contribution >= 4 is 5.91 Å². The largest absolute Gasteiger partial charge is 0.336 e. The van der Waals surface area contributed by atoms with Gasteiger partial charge >= 0.3 is 0 Å². The number of halogens is 1. The summed E-state index contributed by atoms with van der Waals surface area (Å²) in [6.07, 6.45) is 4.58. The van der Waals surface area contributed by atoms with E-state index in [0.717, 1.165) is 38.0 Å². The van der Waals surface area contributed by atoms with Crippen LogP contribution in [-0.2, 0) is 0 Å². The van der Waals surface area contributed by atoms with Gasteiger partial charge in [-0.25, -0.2) is 4.39 Å².